The molecule has 0 saturated carbocycles. The molecule has 0 saturated heterocycles. The molecule has 1 heterocycles. The third-order valence-electron chi connectivity index (χ3n) is 2.65. The van der Waals surface area contributed by atoms with E-state index in [1.54, 1.807) is 7.11 Å². The molecule has 0 aliphatic carbocycles. The summed E-state index contributed by atoms with van der Waals surface area (Å²) in [6, 6.07) is 7.94. The summed E-state index contributed by atoms with van der Waals surface area (Å²) in [5, 5.41) is 0.816. The Hall–Kier alpha value is -1.72. The summed E-state index contributed by atoms with van der Waals surface area (Å²) in [5.74, 6) is -0.339. The molecule has 1 aromatic heterocycles. The average Bonchev–Trinajstić information content (AvgIpc) is 2.81. The minimum Gasteiger partial charge on any atom is -0.465 e. The minimum absolute atomic E-state index is 0.339. The third kappa shape index (κ3) is 3.00. The number of carbonyl (C=O) groups excluding carboxylic acids is 1. The quantitative estimate of drug-likeness (QED) is 0.806. The van der Waals surface area contributed by atoms with Gasteiger partial charge in [-0.25, -0.2) is 9.78 Å². The first-order valence-electron chi connectivity index (χ1n) is 5.79. The van der Waals surface area contributed by atoms with Crippen LogP contribution in [-0.2, 0) is 16.1 Å². The molecule has 0 spiro atoms. The van der Waals surface area contributed by atoms with Gasteiger partial charge in [0.05, 0.1) is 19.4 Å². The first-order valence-corrected chi connectivity index (χ1v) is 6.61. The SMILES string of the molecule is COCc1cccc(-c2nc(C)c(C(=O)OC)s2)c1. The van der Waals surface area contributed by atoms with Crippen molar-refractivity contribution in [2.75, 3.05) is 14.2 Å². The van der Waals surface area contributed by atoms with Gasteiger partial charge in [-0.3, -0.25) is 0 Å². The van der Waals surface area contributed by atoms with E-state index in [9.17, 15) is 4.79 Å². The molecule has 1 aromatic carbocycles. The standard InChI is InChI=1S/C14H15NO3S/c1-9-12(14(16)18-3)19-13(15-9)11-6-4-5-10(7-11)8-17-2/h4-7H,8H2,1-3H3. The van der Waals surface area contributed by atoms with Crippen LogP contribution in [0.4, 0.5) is 0 Å². The van der Waals surface area contributed by atoms with Gasteiger partial charge in [-0.05, 0) is 18.6 Å². The number of hydrogen-bond acceptors (Lipinski definition) is 5. The maximum absolute atomic E-state index is 11.6. The zero-order valence-electron chi connectivity index (χ0n) is 11.1. The Morgan fingerprint density at radius 2 is 2.16 bits per heavy atom. The summed E-state index contributed by atoms with van der Waals surface area (Å²) >= 11 is 1.35. The van der Waals surface area contributed by atoms with Gasteiger partial charge in [-0.2, -0.15) is 0 Å². The molecule has 4 nitrogen and oxygen atoms in total. The second kappa shape index (κ2) is 5.95. The van der Waals surface area contributed by atoms with E-state index < -0.39 is 0 Å². The lowest BCUT2D eigenvalue weighted by molar-refractivity contribution is 0.0605. The van der Waals surface area contributed by atoms with E-state index in [-0.39, 0.29) is 5.97 Å². The highest BCUT2D eigenvalue weighted by Crippen LogP contribution is 2.29. The summed E-state index contributed by atoms with van der Waals surface area (Å²) < 4.78 is 9.85. The number of rotatable bonds is 4. The highest BCUT2D eigenvalue weighted by atomic mass is 32.1. The van der Waals surface area contributed by atoms with Gasteiger partial charge in [-0.15, -0.1) is 11.3 Å². The van der Waals surface area contributed by atoms with Gasteiger partial charge in [0.15, 0.2) is 0 Å². The fraction of sp³-hybridized carbons (Fsp3) is 0.286. The molecule has 100 valence electrons. The number of thiazole rings is 1. The Morgan fingerprint density at radius 3 is 2.84 bits per heavy atom. The van der Waals surface area contributed by atoms with E-state index in [0.717, 1.165) is 16.1 Å². The number of aryl methyl sites for hydroxylation is 1. The molecule has 19 heavy (non-hydrogen) atoms. The summed E-state index contributed by atoms with van der Waals surface area (Å²) in [7, 11) is 3.04. The lowest BCUT2D eigenvalue weighted by Gasteiger charge is -2.01. The summed E-state index contributed by atoms with van der Waals surface area (Å²) in [4.78, 5) is 16.6. The number of carbonyl (C=O) groups is 1. The Balaban J connectivity index is 2.36. The van der Waals surface area contributed by atoms with E-state index in [0.29, 0.717) is 17.2 Å². The predicted octanol–water partition coefficient (Wildman–Crippen LogP) is 3.05. The summed E-state index contributed by atoms with van der Waals surface area (Å²) in [6.45, 7) is 2.37. The van der Waals surface area contributed by atoms with Crippen LogP contribution in [0.1, 0.15) is 20.9 Å². The number of ether oxygens (including phenoxy) is 2. The number of benzene rings is 1. The van der Waals surface area contributed by atoms with Gasteiger partial charge in [0.2, 0.25) is 0 Å². The number of aromatic nitrogens is 1. The van der Waals surface area contributed by atoms with Crippen LogP contribution in [-0.4, -0.2) is 25.2 Å². The number of esters is 1. The van der Waals surface area contributed by atoms with Gasteiger partial charge in [0, 0.05) is 12.7 Å². The van der Waals surface area contributed by atoms with Crippen LogP contribution in [0.3, 0.4) is 0 Å². The molecule has 2 aromatic rings. The molecule has 0 fully saturated rings. The van der Waals surface area contributed by atoms with Crippen molar-refractivity contribution in [3.05, 3.63) is 40.4 Å². The van der Waals surface area contributed by atoms with Gasteiger partial charge < -0.3 is 9.47 Å². The van der Waals surface area contributed by atoms with Crippen LogP contribution >= 0.6 is 11.3 Å². The van der Waals surface area contributed by atoms with Gasteiger partial charge >= 0.3 is 5.97 Å². The molecule has 0 bridgehead atoms. The predicted molar refractivity (Wildman–Crippen MR) is 74.3 cm³/mol. The first-order chi connectivity index (χ1) is 9.15. The van der Waals surface area contributed by atoms with Crippen molar-refractivity contribution >= 4 is 17.3 Å². The van der Waals surface area contributed by atoms with Crippen molar-refractivity contribution in [3.8, 4) is 10.6 Å². The molecule has 0 aliphatic heterocycles. The molecule has 0 radical (unpaired) electrons. The van der Waals surface area contributed by atoms with Crippen LogP contribution in [0.2, 0.25) is 0 Å². The molecule has 0 aliphatic rings. The second-order valence-electron chi connectivity index (χ2n) is 4.06. The normalized spacial score (nSPS) is 10.5. The Kier molecular flexibility index (Phi) is 4.29. The van der Waals surface area contributed by atoms with Crippen molar-refractivity contribution in [1.82, 2.24) is 4.98 Å². The van der Waals surface area contributed by atoms with Crippen molar-refractivity contribution in [2.24, 2.45) is 0 Å². The molecule has 0 amide bonds. The van der Waals surface area contributed by atoms with Crippen molar-refractivity contribution in [2.45, 2.75) is 13.5 Å². The second-order valence-corrected chi connectivity index (χ2v) is 5.06. The van der Waals surface area contributed by atoms with Crippen LogP contribution < -0.4 is 0 Å². The van der Waals surface area contributed by atoms with E-state index in [4.69, 9.17) is 9.47 Å². The number of hydrogen-bond donors (Lipinski definition) is 0. The lowest BCUT2D eigenvalue weighted by Crippen LogP contribution is -1.99. The van der Waals surface area contributed by atoms with Crippen LogP contribution in [0.5, 0.6) is 0 Å². The summed E-state index contributed by atoms with van der Waals surface area (Å²) in [6.07, 6.45) is 0. The molecule has 2 rings (SSSR count). The third-order valence-corrected chi connectivity index (χ3v) is 3.84. The average molecular weight is 277 g/mol. The maximum atomic E-state index is 11.6. The first kappa shape index (κ1) is 13.7. The van der Waals surface area contributed by atoms with Crippen molar-refractivity contribution in [3.63, 3.8) is 0 Å². The zero-order valence-corrected chi connectivity index (χ0v) is 11.9. The monoisotopic (exact) mass is 277 g/mol. The molecular formula is C14H15NO3S. The molecule has 5 heteroatoms. The van der Waals surface area contributed by atoms with Crippen LogP contribution in [0.25, 0.3) is 10.6 Å². The van der Waals surface area contributed by atoms with Gasteiger partial charge in [0.1, 0.15) is 9.88 Å². The zero-order chi connectivity index (χ0) is 13.8. The van der Waals surface area contributed by atoms with E-state index in [1.165, 1.54) is 18.4 Å². The lowest BCUT2D eigenvalue weighted by atomic mass is 10.1. The Bertz CT molecular complexity index is 592. The topological polar surface area (TPSA) is 48.4 Å². The van der Waals surface area contributed by atoms with Crippen LogP contribution in [0, 0.1) is 6.92 Å². The van der Waals surface area contributed by atoms with Gasteiger partial charge in [-0.1, -0.05) is 18.2 Å². The largest absolute Gasteiger partial charge is 0.465 e. The Morgan fingerprint density at radius 1 is 1.37 bits per heavy atom. The molecular weight excluding hydrogens is 262 g/mol. The van der Waals surface area contributed by atoms with E-state index in [2.05, 4.69) is 4.98 Å². The highest BCUT2D eigenvalue weighted by molar-refractivity contribution is 7.17. The van der Waals surface area contributed by atoms with E-state index in [1.807, 2.05) is 31.2 Å². The highest BCUT2D eigenvalue weighted by Gasteiger charge is 2.16. The fourth-order valence-corrected chi connectivity index (χ4v) is 2.74. The van der Waals surface area contributed by atoms with Crippen LogP contribution in [0.15, 0.2) is 24.3 Å². The Labute approximate surface area is 116 Å². The number of nitrogens with zero attached hydrogens (tertiary/aromatic N) is 1. The minimum atomic E-state index is -0.339. The number of methoxy groups -OCH3 is 2. The van der Waals surface area contributed by atoms with Crippen molar-refractivity contribution < 1.29 is 14.3 Å². The maximum Gasteiger partial charge on any atom is 0.349 e. The van der Waals surface area contributed by atoms with Crippen molar-refractivity contribution in [1.29, 1.82) is 0 Å². The van der Waals surface area contributed by atoms with Gasteiger partial charge in [0.25, 0.3) is 0 Å². The smallest absolute Gasteiger partial charge is 0.349 e. The van der Waals surface area contributed by atoms with E-state index >= 15 is 0 Å². The molecule has 0 N–H and O–H groups in total. The molecule has 0 atom stereocenters. The summed E-state index contributed by atoms with van der Waals surface area (Å²) in [5.41, 5.74) is 2.76. The molecule has 0 unspecified atom stereocenters. The fourth-order valence-electron chi connectivity index (χ4n) is 1.76.